The highest BCUT2D eigenvalue weighted by molar-refractivity contribution is 6.22. The van der Waals surface area contributed by atoms with Gasteiger partial charge in [0.15, 0.2) is 0 Å². The average molecular weight is 391 g/mol. The van der Waals surface area contributed by atoms with Crippen LogP contribution in [-0.2, 0) is 4.79 Å². The van der Waals surface area contributed by atoms with Gasteiger partial charge >= 0.3 is 0 Å². The van der Waals surface area contributed by atoms with Gasteiger partial charge < -0.3 is 9.64 Å². The van der Waals surface area contributed by atoms with E-state index < -0.39 is 0 Å². The summed E-state index contributed by atoms with van der Waals surface area (Å²) in [7, 11) is 0. The van der Waals surface area contributed by atoms with Crippen molar-refractivity contribution < 1.29 is 19.1 Å². The molecule has 0 saturated carbocycles. The normalized spacial score (nSPS) is 25.3. The Morgan fingerprint density at radius 2 is 1.66 bits per heavy atom. The molecule has 3 aliphatic heterocycles. The molecule has 2 aromatic rings. The minimum atomic E-state index is -0.388. The third kappa shape index (κ3) is 3.06. The molecule has 7 heteroatoms. The number of rotatable bonds is 4. The summed E-state index contributed by atoms with van der Waals surface area (Å²) < 4.78 is 6.05. The van der Waals surface area contributed by atoms with E-state index in [2.05, 4.69) is 4.98 Å². The first-order chi connectivity index (χ1) is 14.1. The molecule has 2 bridgehead atoms. The number of hydrogen-bond donors (Lipinski definition) is 0. The largest absolute Gasteiger partial charge is 0.489 e. The van der Waals surface area contributed by atoms with Crippen LogP contribution in [0.4, 0.5) is 0 Å². The Balaban J connectivity index is 1.26. The Kier molecular flexibility index (Phi) is 4.30. The summed E-state index contributed by atoms with van der Waals surface area (Å²) in [4.78, 5) is 45.2. The summed E-state index contributed by atoms with van der Waals surface area (Å²) in [5.41, 5.74) is 0.744. The van der Waals surface area contributed by atoms with Crippen molar-refractivity contribution in [1.29, 1.82) is 0 Å². The highest BCUT2D eigenvalue weighted by atomic mass is 16.5. The molecule has 3 amide bonds. The third-order valence-electron chi connectivity index (χ3n) is 6.09. The first-order valence-corrected chi connectivity index (χ1v) is 9.95. The Hall–Kier alpha value is -3.22. The van der Waals surface area contributed by atoms with Gasteiger partial charge in [0.1, 0.15) is 18.4 Å². The van der Waals surface area contributed by atoms with E-state index in [9.17, 15) is 14.4 Å². The second-order valence-electron chi connectivity index (χ2n) is 7.83. The maximum absolute atomic E-state index is 13.1. The maximum Gasteiger partial charge on any atom is 0.262 e. The summed E-state index contributed by atoms with van der Waals surface area (Å²) in [6, 6.07) is 10.6. The molecule has 2 atom stereocenters. The van der Waals surface area contributed by atoms with Gasteiger partial charge in [0.05, 0.1) is 17.3 Å². The zero-order chi connectivity index (χ0) is 20.0. The van der Waals surface area contributed by atoms with E-state index in [1.165, 1.54) is 0 Å². The fourth-order valence-corrected chi connectivity index (χ4v) is 4.84. The number of hydrogen-bond acceptors (Lipinski definition) is 5. The lowest BCUT2D eigenvalue weighted by Crippen LogP contribution is -2.52. The lowest BCUT2D eigenvalue weighted by Gasteiger charge is -2.39. The number of benzene rings is 1. The third-order valence-corrected chi connectivity index (χ3v) is 6.09. The lowest BCUT2D eigenvalue weighted by molar-refractivity contribution is -0.137. The number of piperidine rings is 1. The van der Waals surface area contributed by atoms with Crippen molar-refractivity contribution >= 4 is 17.7 Å². The lowest BCUT2D eigenvalue weighted by atomic mass is 9.99. The summed E-state index contributed by atoms with van der Waals surface area (Å²) in [6.45, 7) is -0.201. The van der Waals surface area contributed by atoms with Gasteiger partial charge in [-0.2, -0.15) is 0 Å². The molecule has 4 heterocycles. The van der Waals surface area contributed by atoms with Gasteiger partial charge in [-0.1, -0.05) is 12.1 Å². The number of nitrogens with zero attached hydrogens (tertiary/aromatic N) is 3. The van der Waals surface area contributed by atoms with Crippen LogP contribution < -0.4 is 4.74 Å². The molecule has 148 valence electrons. The molecule has 5 rings (SSSR count). The number of fused-ring (bicyclic) bond motifs is 3. The Labute approximate surface area is 168 Å². The summed E-state index contributed by atoms with van der Waals surface area (Å²) in [5, 5.41) is 0. The number of imide groups is 1. The van der Waals surface area contributed by atoms with E-state index in [1.807, 2.05) is 17.0 Å². The fourth-order valence-electron chi connectivity index (χ4n) is 4.84. The molecule has 2 unspecified atom stereocenters. The van der Waals surface area contributed by atoms with E-state index >= 15 is 0 Å². The SMILES string of the molecule is O=C1c2ccccc2C(=O)N1CC(=O)N1C2CCC1CC(Oc1cccnc1)C2. The summed E-state index contributed by atoms with van der Waals surface area (Å²) in [5.74, 6) is -0.197. The van der Waals surface area contributed by atoms with Gasteiger partial charge in [-0.05, 0) is 37.1 Å². The van der Waals surface area contributed by atoms with Gasteiger partial charge in [0, 0.05) is 31.1 Å². The Bertz CT molecular complexity index is 928. The fraction of sp³-hybridized carbons (Fsp3) is 0.364. The first kappa shape index (κ1) is 17.8. The highest BCUT2D eigenvalue weighted by Gasteiger charge is 2.45. The molecule has 29 heavy (non-hydrogen) atoms. The number of amides is 3. The predicted octanol–water partition coefficient (Wildman–Crippen LogP) is 2.28. The van der Waals surface area contributed by atoms with Crippen LogP contribution in [0.2, 0.25) is 0 Å². The van der Waals surface area contributed by atoms with Crippen LogP contribution >= 0.6 is 0 Å². The zero-order valence-corrected chi connectivity index (χ0v) is 15.9. The zero-order valence-electron chi connectivity index (χ0n) is 15.9. The van der Waals surface area contributed by atoms with Gasteiger partial charge in [-0.3, -0.25) is 24.3 Å². The maximum atomic E-state index is 13.1. The van der Waals surface area contributed by atoms with E-state index in [1.54, 1.807) is 36.7 Å². The van der Waals surface area contributed by atoms with Gasteiger partial charge in [0.25, 0.3) is 11.8 Å². The second-order valence-corrected chi connectivity index (χ2v) is 7.83. The molecule has 0 spiro atoms. The molecule has 1 aromatic heterocycles. The minimum Gasteiger partial charge on any atom is -0.489 e. The van der Waals surface area contributed by atoms with E-state index in [-0.39, 0.29) is 42.5 Å². The van der Waals surface area contributed by atoms with Crippen LogP contribution in [-0.4, -0.2) is 57.2 Å². The average Bonchev–Trinajstić information content (AvgIpc) is 3.14. The number of aromatic nitrogens is 1. The van der Waals surface area contributed by atoms with Gasteiger partial charge in [-0.15, -0.1) is 0 Å². The van der Waals surface area contributed by atoms with Gasteiger partial charge in [-0.25, -0.2) is 0 Å². The van der Waals surface area contributed by atoms with Crippen molar-refractivity contribution in [2.24, 2.45) is 0 Å². The molecule has 0 N–H and O–H groups in total. The summed E-state index contributed by atoms with van der Waals surface area (Å²) in [6.07, 6.45) is 6.79. The van der Waals surface area contributed by atoms with Crippen molar-refractivity contribution in [2.75, 3.05) is 6.54 Å². The molecular weight excluding hydrogens is 370 g/mol. The van der Waals surface area contributed by atoms with Gasteiger partial charge in [0.2, 0.25) is 5.91 Å². The van der Waals surface area contributed by atoms with E-state index in [4.69, 9.17) is 4.74 Å². The number of ether oxygens (including phenoxy) is 1. The van der Waals surface area contributed by atoms with Crippen molar-refractivity contribution in [2.45, 2.75) is 43.9 Å². The molecule has 2 saturated heterocycles. The minimum absolute atomic E-state index is 0.0417. The van der Waals surface area contributed by atoms with Crippen molar-refractivity contribution in [3.63, 3.8) is 0 Å². The van der Waals surface area contributed by atoms with Crippen molar-refractivity contribution in [3.05, 3.63) is 59.9 Å². The molecule has 7 nitrogen and oxygen atoms in total. The van der Waals surface area contributed by atoms with Crippen LogP contribution in [0.5, 0.6) is 5.75 Å². The van der Waals surface area contributed by atoms with Crippen molar-refractivity contribution in [1.82, 2.24) is 14.8 Å². The molecule has 1 aromatic carbocycles. The Morgan fingerprint density at radius 1 is 1.00 bits per heavy atom. The van der Waals surface area contributed by atoms with Crippen LogP contribution in [0.15, 0.2) is 48.8 Å². The second kappa shape index (κ2) is 6.99. The molecule has 3 aliphatic rings. The van der Waals surface area contributed by atoms with Crippen LogP contribution in [0.3, 0.4) is 0 Å². The van der Waals surface area contributed by atoms with Crippen LogP contribution in [0, 0.1) is 0 Å². The van der Waals surface area contributed by atoms with Crippen molar-refractivity contribution in [3.8, 4) is 5.75 Å². The molecule has 0 aliphatic carbocycles. The molecular formula is C22H21N3O4. The monoisotopic (exact) mass is 391 g/mol. The quantitative estimate of drug-likeness (QED) is 0.747. The number of carbonyl (C=O) groups is 3. The molecule has 2 fully saturated rings. The smallest absolute Gasteiger partial charge is 0.262 e. The van der Waals surface area contributed by atoms with E-state index in [0.717, 1.165) is 36.3 Å². The topological polar surface area (TPSA) is 79.8 Å². The Morgan fingerprint density at radius 3 is 2.24 bits per heavy atom. The number of carbonyl (C=O) groups excluding carboxylic acids is 3. The number of pyridine rings is 1. The first-order valence-electron chi connectivity index (χ1n) is 9.95. The van der Waals surface area contributed by atoms with Crippen LogP contribution in [0.1, 0.15) is 46.4 Å². The van der Waals surface area contributed by atoms with E-state index in [0.29, 0.717) is 11.1 Å². The summed E-state index contributed by atoms with van der Waals surface area (Å²) >= 11 is 0. The van der Waals surface area contributed by atoms with Crippen LogP contribution in [0.25, 0.3) is 0 Å². The standard InChI is InChI=1S/C22H21N3O4/c26-20(13-24-21(27)18-5-1-2-6-19(18)22(24)28)25-14-7-8-15(25)11-17(10-14)29-16-4-3-9-23-12-16/h1-6,9,12,14-15,17H,7-8,10-11,13H2. The predicted molar refractivity (Wildman–Crippen MR) is 103 cm³/mol. The highest BCUT2D eigenvalue weighted by Crippen LogP contribution is 2.37. The molecule has 0 radical (unpaired) electrons.